The molecule has 0 saturated heterocycles. The van der Waals surface area contributed by atoms with Crippen LogP contribution in [0.2, 0.25) is 5.15 Å². The van der Waals surface area contributed by atoms with Gasteiger partial charge in [-0.2, -0.15) is 0 Å². The molecule has 2 aromatic carbocycles. The van der Waals surface area contributed by atoms with Crippen molar-refractivity contribution >= 4 is 34.2 Å². The first-order valence-electron chi connectivity index (χ1n) is 7.14. The Balaban J connectivity index is 1.95. The molecule has 5 heteroatoms. The van der Waals surface area contributed by atoms with Gasteiger partial charge in [-0.15, -0.1) is 0 Å². The van der Waals surface area contributed by atoms with Crippen LogP contribution in [0.1, 0.15) is 15.9 Å². The number of carbonyl (C=O) groups is 1. The second-order valence-electron chi connectivity index (χ2n) is 5.06. The molecule has 0 aliphatic carbocycles. The van der Waals surface area contributed by atoms with Crippen LogP contribution in [-0.4, -0.2) is 18.1 Å². The highest BCUT2D eigenvalue weighted by atomic mass is 35.5. The number of esters is 1. The van der Waals surface area contributed by atoms with E-state index in [0.717, 1.165) is 11.1 Å². The lowest BCUT2D eigenvalue weighted by Crippen LogP contribution is -2.03. The minimum absolute atomic E-state index is 0.370. The van der Waals surface area contributed by atoms with Crippen molar-refractivity contribution in [2.75, 3.05) is 12.4 Å². The summed E-state index contributed by atoms with van der Waals surface area (Å²) < 4.78 is 4.74. The average Bonchev–Trinajstić information content (AvgIpc) is 2.59. The van der Waals surface area contributed by atoms with Crippen molar-refractivity contribution in [2.24, 2.45) is 0 Å². The maximum absolute atomic E-state index is 11.6. The number of anilines is 1. The number of aromatic nitrogens is 1. The summed E-state index contributed by atoms with van der Waals surface area (Å²) in [6.07, 6.45) is 0. The molecule has 1 heterocycles. The van der Waals surface area contributed by atoms with Gasteiger partial charge in [0.1, 0.15) is 5.15 Å². The fourth-order valence-corrected chi connectivity index (χ4v) is 2.58. The van der Waals surface area contributed by atoms with Gasteiger partial charge >= 0.3 is 5.97 Å². The third-order valence-corrected chi connectivity index (χ3v) is 3.72. The summed E-state index contributed by atoms with van der Waals surface area (Å²) in [5.41, 5.74) is 3.14. The third-order valence-electron chi connectivity index (χ3n) is 3.53. The average molecular weight is 327 g/mol. The van der Waals surface area contributed by atoms with Crippen LogP contribution in [0.25, 0.3) is 10.9 Å². The summed E-state index contributed by atoms with van der Waals surface area (Å²) in [5.74, 6) is -0.396. The zero-order valence-corrected chi connectivity index (χ0v) is 13.3. The fraction of sp³-hybridized carbons (Fsp3) is 0.111. The second-order valence-corrected chi connectivity index (χ2v) is 5.44. The molecule has 3 rings (SSSR count). The summed E-state index contributed by atoms with van der Waals surface area (Å²) in [7, 11) is 1.35. The number of hydrogen-bond acceptors (Lipinski definition) is 4. The Bertz CT molecular complexity index is 850. The van der Waals surface area contributed by atoms with Crippen LogP contribution < -0.4 is 5.32 Å². The Kier molecular flexibility index (Phi) is 4.44. The molecule has 0 spiro atoms. The van der Waals surface area contributed by atoms with Crippen molar-refractivity contribution in [1.82, 2.24) is 4.98 Å². The fourth-order valence-electron chi connectivity index (χ4n) is 2.38. The lowest BCUT2D eigenvalue weighted by Gasteiger charge is -2.11. The van der Waals surface area contributed by atoms with E-state index in [2.05, 4.69) is 10.3 Å². The highest BCUT2D eigenvalue weighted by Crippen LogP contribution is 2.27. The predicted octanol–water partition coefficient (Wildman–Crippen LogP) is 4.29. The molecule has 0 saturated carbocycles. The van der Waals surface area contributed by atoms with E-state index in [1.54, 1.807) is 18.2 Å². The smallest absolute Gasteiger partial charge is 0.337 e. The van der Waals surface area contributed by atoms with Gasteiger partial charge in [0.05, 0.1) is 18.2 Å². The van der Waals surface area contributed by atoms with Crippen LogP contribution >= 0.6 is 11.6 Å². The van der Waals surface area contributed by atoms with Gasteiger partial charge in [0.2, 0.25) is 0 Å². The molecule has 0 amide bonds. The Morgan fingerprint density at radius 2 is 1.96 bits per heavy atom. The first kappa shape index (κ1) is 15.3. The maximum Gasteiger partial charge on any atom is 0.337 e. The molecule has 0 radical (unpaired) electrons. The van der Waals surface area contributed by atoms with Gasteiger partial charge in [-0.05, 0) is 29.8 Å². The number of nitrogens with zero attached hydrogens (tertiary/aromatic N) is 1. The van der Waals surface area contributed by atoms with E-state index >= 15 is 0 Å². The van der Waals surface area contributed by atoms with Gasteiger partial charge in [-0.1, -0.05) is 41.9 Å². The van der Waals surface area contributed by atoms with Crippen LogP contribution in [0.4, 0.5) is 5.69 Å². The zero-order valence-electron chi connectivity index (χ0n) is 12.5. The van der Waals surface area contributed by atoms with Crippen LogP contribution in [0, 0.1) is 0 Å². The number of rotatable bonds is 4. The highest BCUT2D eigenvalue weighted by Gasteiger charge is 2.10. The van der Waals surface area contributed by atoms with E-state index < -0.39 is 5.97 Å². The van der Waals surface area contributed by atoms with Gasteiger partial charge < -0.3 is 10.1 Å². The summed E-state index contributed by atoms with van der Waals surface area (Å²) in [5, 5.41) is 4.64. The zero-order chi connectivity index (χ0) is 16.2. The number of hydrogen-bond donors (Lipinski definition) is 1. The standard InChI is InChI=1S/C18H15ClN2O2/c1-23-18(22)13-7-8-14-15(10-17(19)21-16(14)9-13)20-11-12-5-3-2-4-6-12/h2-10H,11H2,1H3,(H,20,21). The Labute approximate surface area is 139 Å². The van der Waals surface area contributed by atoms with Crippen LogP contribution in [-0.2, 0) is 11.3 Å². The molecular weight excluding hydrogens is 312 g/mol. The lowest BCUT2D eigenvalue weighted by molar-refractivity contribution is 0.0601. The molecule has 1 N–H and O–H groups in total. The molecule has 0 aliphatic rings. The van der Waals surface area contributed by atoms with Crippen LogP contribution in [0.15, 0.2) is 54.6 Å². The van der Waals surface area contributed by atoms with E-state index in [9.17, 15) is 4.79 Å². The molecule has 23 heavy (non-hydrogen) atoms. The van der Waals surface area contributed by atoms with Crippen molar-refractivity contribution < 1.29 is 9.53 Å². The number of methoxy groups -OCH3 is 1. The largest absolute Gasteiger partial charge is 0.465 e. The van der Waals surface area contributed by atoms with E-state index in [1.807, 2.05) is 36.4 Å². The second kappa shape index (κ2) is 6.67. The Morgan fingerprint density at radius 3 is 2.70 bits per heavy atom. The monoisotopic (exact) mass is 326 g/mol. The summed E-state index contributed by atoms with van der Waals surface area (Å²) in [6.45, 7) is 0.676. The van der Waals surface area contributed by atoms with Crippen molar-refractivity contribution in [3.63, 3.8) is 0 Å². The van der Waals surface area contributed by atoms with Gasteiger partial charge in [-0.25, -0.2) is 9.78 Å². The SMILES string of the molecule is COC(=O)c1ccc2c(NCc3ccccc3)cc(Cl)nc2c1. The van der Waals surface area contributed by atoms with Crippen molar-refractivity contribution in [3.8, 4) is 0 Å². The highest BCUT2D eigenvalue weighted by molar-refractivity contribution is 6.30. The van der Waals surface area contributed by atoms with Gasteiger partial charge in [-0.3, -0.25) is 0 Å². The van der Waals surface area contributed by atoms with Crippen molar-refractivity contribution in [1.29, 1.82) is 0 Å². The molecule has 3 aromatic rings. The molecule has 0 bridgehead atoms. The maximum atomic E-state index is 11.6. The first-order chi connectivity index (χ1) is 11.2. The summed E-state index contributed by atoms with van der Waals surface area (Å²) in [4.78, 5) is 15.9. The minimum Gasteiger partial charge on any atom is -0.465 e. The lowest BCUT2D eigenvalue weighted by atomic mass is 10.1. The number of benzene rings is 2. The van der Waals surface area contributed by atoms with Gasteiger partial charge in [0, 0.05) is 17.6 Å². The predicted molar refractivity (Wildman–Crippen MR) is 91.9 cm³/mol. The molecule has 0 atom stereocenters. The molecule has 0 aliphatic heterocycles. The molecule has 4 nitrogen and oxygen atoms in total. The van der Waals surface area contributed by atoms with Crippen LogP contribution in [0.5, 0.6) is 0 Å². The molecule has 0 unspecified atom stereocenters. The molecule has 116 valence electrons. The Hall–Kier alpha value is -2.59. The number of fused-ring (bicyclic) bond motifs is 1. The Morgan fingerprint density at radius 1 is 1.17 bits per heavy atom. The topological polar surface area (TPSA) is 51.2 Å². The number of ether oxygens (including phenoxy) is 1. The van der Waals surface area contributed by atoms with E-state index in [4.69, 9.17) is 16.3 Å². The number of halogens is 1. The van der Waals surface area contributed by atoms with Gasteiger partial charge in [0.15, 0.2) is 0 Å². The van der Waals surface area contributed by atoms with Gasteiger partial charge in [0.25, 0.3) is 0 Å². The van der Waals surface area contributed by atoms with E-state index in [-0.39, 0.29) is 0 Å². The summed E-state index contributed by atoms with van der Waals surface area (Å²) in [6, 6.07) is 17.1. The quantitative estimate of drug-likeness (QED) is 0.574. The first-order valence-corrected chi connectivity index (χ1v) is 7.51. The molecular formula is C18H15ClN2O2. The van der Waals surface area contributed by atoms with Crippen LogP contribution in [0.3, 0.4) is 0 Å². The van der Waals surface area contributed by atoms with Crippen molar-refractivity contribution in [2.45, 2.75) is 6.54 Å². The van der Waals surface area contributed by atoms with E-state index in [0.29, 0.717) is 22.8 Å². The third kappa shape index (κ3) is 3.43. The molecule has 1 aromatic heterocycles. The number of carbonyl (C=O) groups excluding carboxylic acids is 1. The van der Waals surface area contributed by atoms with Crippen molar-refractivity contribution in [3.05, 3.63) is 70.9 Å². The molecule has 0 fully saturated rings. The van der Waals surface area contributed by atoms with E-state index in [1.165, 1.54) is 12.7 Å². The number of pyridine rings is 1. The normalized spacial score (nSPS) is 10.5. The minimum atomic E-state index is -0.396. The summed E-state index contributed by atoms with van der Waals surface area (Å²) >= 11 is 6.10. The number of nitrogens with one attached hydrogen (secondary N) is 1.